The van der Waals surface area contributed by atoms with Crippen LogP contribution in [-0.4, -0.2) is 22.4 Å². The van der Waals surface area contributed by atoms with E-state index in [-0.39, 0.29) is 5.91 Å². The zero-order chi connectivity index (χ0) is 15.4. The predicted molar refractivity (Wildman–Crippen MR) is 87.0 cm³/mol. The average Bonchev–Trinajstić information content (AvgIpc) is 2.56. The number of para-hydroxylation sites is 2. The molecule has 0 fully saturated rings. The van der Waals surface area contributed by atoms with E-state index in [0.29, 0.717) is 22.8 Å². The molecule has 3 rings (SSSR count). The first-order chi connectivity index (χ1) is 10.7. The van der Waals surface area contributed by atoms with Crippen molar-refractivity contribution in [2.24, 2.45) is 0 Å². The van der Waals surface area contributed by atoms with E-state index in [1.165, 1.54) is 6.20 Å². The van der Waals surface area contributed by atoms with Gasteiger partial charge in [-0.15, -0.1) is 0 Å². The minimum Gasteiger partial charge on any atom is -0.350 e. The van der Waals surface area contributed by atoms with Crippen LogP contribution in [0.3, 0.4) is 0 Å². The second-order valence-corrected chi connectivity index (χ2v) is 5.31. The molecule has 22 heavy (non-hydrogen) atoms. The first-order valence-electron chi connectivity index (χ1n) is 6.97. The van der Waals surface area contributed by atoms with Crippen LogP contribution in [0, 0.1) is 0 Å². The number of nitrogens with one attached hydrogen (secondary N) is 1. The van der Waals surface area contributed by atoms with Crippen LogP contribution in [0.15, 0.2) is 54.7 Å². The summed E-state index contributed by atoms with van der Waals surface area (Å²) in [6, 6.07) is 15.1. The molecule has 5 heteroatoms. The monoisotopic (exact) mass is 311 g/mol. The summed E-state index contributed by atoms with van der Waals surface area (Å²) in [5.41, 5.74) is 2.94. The minimum atomic E-state index is -0.216. The van der Waals surface area contributed by atoms with Crippen molar-refractivity contribution in [1.29, 1.82) is 0 Å². The van der Waals surface area contributed by atoms with Gasteiger partial charge < -0.3 is 5.32 Å². The summed E-state index contributed by atoms with van der Waals surface area (Å²) in [6.07, 6.45) is 2.24. The summed E-state index contributed by atoms with van der Waals surface area (Å²) in [5.74, 6) is -0.216. The van der Waals surface area contributed by atoms with Crippen molar-refractivity contribution in [2.45, 2.75) is 6.42 Å². The van der Waals surface area contributed by atoms with Gasteiger partial charge in [-0.1, -0.05) is 35.9 Å². The zero-order valence-electron chi connectivity index (χ0n) is 11.8. The molecule has 3 aromatic rings. The van der Waals surface area contributed by atoms with Crippen LogP contribution in [0.4, 0.5) is 0 Å². The molecule has 0 saturated carbocycles. The fraction of sp³-hybridized carbons (Fsp3) is 0.118. The van der Waals surface area contributed by atoms with Crippen LogP contribution in [0.25, 0.3) is 11.0 Å². The number of carbonyl (C=O) groups is 1. The van der Waals surface area contributed by atoms with Crippen molar-refractivity contribution in [2.75, 3.05) is 6.54 Å². The Morgan fingerprint density at radius 2 is 1.77 bits per heavy atom. The molecule has 0 saturated heterocycles. The van der Waals surface area contributed by atoms with Gasteiger partial charge in [-0.3, -0.25) is 9.78 Å². The summed E-state index contributed by atoms with van der Waals surface area (Å²) in [4.78, 5) is 20.7. The van der Waals surface area contributed by atoms with Gasteiger partial charge in [0, 0.05) is 11.6 Å². The van der Waals surface area contributed by atoms with Gasteiger partial charge in [0.1, 0.15) is 5.69 Å². The number of halogens is 1. The largest absolute Gasteiger partial charge is 0.350 e. The third kappa shape index (κ3) is 3.40. The Labute approximate surface area is 133 Å². The smallest absolute Gasteiger partial charge is 0.271 e. The van der Waals surface area contributed by atoms with Gasteiger partial charge in [0.2, 0.25) is 0 Å². The number of amides is 1. The molecule has 4 nitrogen and oxygen atoms in total. The number of hydrogen-bond donors (Lipinski definition) is 1. The van der Waals surface area contributed by atoms with Crippen LogP contribution in [0.1, 0.15) is 16.1 Å². The molecule has 0 aliphatic carbocycles. The molecule has 0 aliphatic rings. The number of benzene rings is 2. The molecule has 110 valence electrons. The molecular weight excluding hydrogens is 298 g/mol. The van der Waals surface area contributed by atoms with Crippen LogP contribution in [0.2, 0.25) is 5.02 Å². The van der Waals surface area contributed by atoms with Crippen molar-refractivity contribution < 1.29 is 4.79 Å². The lowest BCUT2D eigenvalue weighted by Gasteiger charge is -2.05. The quantitative estimate of drug-likeness (QED) is 0.804. The van der Waals surface area contributed by atoms with E-state index < -0.39 is 0 Å². The Kier molecular flexibility index (Phi) is 4.30. The lowest BCUT2D eigenvalue weighted by molar-refractivity contribution is 0.0949. The molecule has 1 aromatic heterocycles. The summed E-state index contributed by atoms with van der Waals surface area (Å²) >= 11 is 5.84. The highest BCUT2D eigenvalue weighted by atomic mass is 35.5. The predicted octanol–water partition coefficient (Wildman–Crippen LogP) is 3.26. The van der Waals surface area contributed by atoms with Crippen molar-refractivity contribution in [3.63, 3.8) is 0 Å². The highest BCUT2D eigenvalue weighted by Crippen LogP contribution is 2.10. The maximum atomic E-state index is 12.1. The summed E-state index contributed by atoms with van der Waals surface area (Å²) in [6.45, 7) is 0.537. The second-order valence-electron chi connectivity index (χ2n) is 4.88. The third-order valence-corrected chi connectivity index (χ3v) is 3.55. The van der Waals surface area contributed by atoms with Crippen molar-refractivity contribution in [3.8, 4) is 0 Å². The van der Waals surface area contributed by atoms with E-state index in [1.54, 1.807) is 0 Å². The Hall–Kier alpha value is -2.46. The Morgan fingerprint density at radius 3 is 2.55 bits per heavy atom. The maximum Gasteiger partial charge on any atom is 0.271 e. The van der Waals surface area contributed by atoms with Crippen molar-refractivity contribution >= 4 is 28.5 Å². The van der Waals surface area contributed by atoms with Gasteiger partial charge in [-0.2, -0.15) is 0 Å². The maximum absolute atomic E-state index is 12.1. The number of aromatic nitrogens is 2. The molecule has 1 amide bonds. The van der Waals surface area contributed by atoms with Crippen LogP contribution in [-0.2, 0) is 6.42 Å². The van der Waals surface area contributed by atoms with Gasteiger partial charge >= 0.3 is 0 Å². The molecule has 1 heterocycles. The van der Waals surface area contributed by atoms with Gasteiger partial charge in [0.15, 0.2) is 0 Å². The summed E-state index contributed by atoms with van der Waals surface area (Å²) in [5, 5.41) is 3.56. The standard InChI is InChI=1S/C17H14ClN3O/c18-13-7-5-12(6-8-13)9-10-19-17(22)16-11-20-14-3-1-2-4-15(14)21-16/h1-8,11H,9-10H2,(H,19,22). The fourth-order valence-electron chi connectivity index (χ4n) is 2.13. The van der Waals surface area contributed by atoms with E-state index in [0.717, 1.165) is 17.5 Å². The molecule has 0 unspecified atom stereocenters. The highest BCUT2D eigenvalue weighted by Gasteiger charge is 2.08. The molecule has 0 radical (unpaired) electrons. The SMILES string of the molecule is O=C(NCCc1ccc(Cl)cc1)c1cnc2ccccc2n1. The lowest BCUT2D eigenvalue weighted by atomic mass is 10.1. The van der Waals surface area contributed by atoms with E-state index in [9.17, 15) is 4.79 Å². The third-order valence-electron chi connectivity index (χ3n) is 3.29. The Balaban J connectivity index is 1.62. The summed E-state index contributed by atoms with van der Waals surface area (Å²) < 4.78 is 0. The molecule has 1 N–H and O–H groups in total. The van der Waals surface area contributed by atoms with E-state index in [2.05, 4.69) is 15.3 Å². The van der Waals surface area contributed by atoms with E-state index >= 15 is 0 Å². The molecular formula is C17H14ClN3O. The fourth-order valence-corrected chi connectivity index (χ4v) is 2.25. The molecule has 0 bridgehead atoms. The van der Waals surface area contributed by atoms with E-state index in [1.807, 2.05) is 48.5 Å². The van der Waals surface area contributed by atoms with Gasteiger partial charge in [0.05, 0.1) is 17.2 Å². The Morgan fingerprint density at radius 1 is 1.05 bits per heavy atom. The van der Waals surface area contributed by atoms with Gasteiger partial charge in [-0.05, 0) is 36.2 Å². The minimum absolute atomic E-state index is 0.216. The van der Waals surface area contributed by atoms with Crippen LogP contribution >= 0.6 is 11.6 Å². The zero-order valence-corrected chi connectivity index (χ0v) is 12.5. The topological polar surface area (TPSA) is 54.9 Å². The molecule has 0 atom stereocenters. The van der Waals surface area contributed by atoms with Crippen molar-refractivity contribution in [3.05, 3.63) is 71.0 Å². The number of carbonyl (C=O) groups excluding carboxylic acids is 1. The van der Waals surface area contributed by atoms with Gasteiger partial charge in [0.25, 0.3) is 5.91 Å². The lowest BCUT2D eigenvalue weighted by Crippen LogP contribution is -2.26. The number of rotatable bonds is 4. The molecule has 0 aliphatic heterocycles. The first-order valence-corrected chi connectivity index (χ1v) is 7.34. The number of fused-ring (bicyclic) bond motifs is 1. The Bertz CT molecular complexity index is 802. The van der Waals surface area contributed by atoms with E-state index in [4.69, 9.17) is 11.6 Å². The van der Waals surface area contributed by atoms with Crippen molar-refractivity contribution in [1.82, 2.24) is 15.3 Å². The summed E-state index contributed by atoms with van der Waals surface area (Å²) in [7, 11) is 0. The molecule has 2 aromatic carbocycles. The normalized spacial score (nSPS) is 10.6. The highest BCUT2D eigenvalue weighted by molar-refractivity contribution is 6.30. The second kappa shape index (κ2) is 6.54. The van der Waals surface area contributed by atoms with Gasteiger partial charge in [-0.25, -0.2) is 4.98 Å². The van der Waals surface area contributed by atoms with Crippen LogP contribution < -0.4 is 5.32 Å². The molecule has 0 spiro atoms. The van der Waals surface area contributed by atoms with Crippen LogP contribution in [0.5, 0.6) is 0 Å². The number of nitrogens with zero attached hydrogens (tertiary/aromatic N) is 2. The number of hydrogen-bond acceptors (Lipinski definition) is 3. The average molecular weight is 312 g/mol. The first kappa shape index (κ1) is 14.5.